The van der Waals surface area contributed by atoms with E-state index in [2.05, 4.69) is 10.4 Å². The molecule has 1 aliphatic rings. The highest BCUT2D eigenvalue weighted by atomic mass is 16.6. The molecule has 0 bridgehead atoms. The van der Waals surface area contributed by atoms with Gasteiger partial charge in [0.05, 0.1) is 31.9 Å². The number of carbonyl (C=O) groups is 2. The van der Waals surface area contributed by atoms with E-state index in [4.69, 9.17) is 4.74 Å². The Hall–Kier alpha value is -2.09. The number of aromatic nitrogens is 2. The molecule has 1 aromatic heterocycles. The van der Waals surface area contributed by atoms with Gasteiger partial charge < -0.3 is 19.9 Å². The zero-order valence-electron chi connectivity index (χ0n) is 18.2. The van der Waals surface area contributed by atoms with Crippen LogP contribution in [0.3, 0.4) is 0 Å². The minimum atomic E-state index is -0.551. The monoisotopic (exact) mass is 394 g/mol. The lowest BCUT2D eigenvalue weighted by atomic mass is 10.2. The number of alkyl carbamates (subject to hydrolysis) is 1. The Balaban J connectivity index is 2.03. The molecule has 0 aromatic carbocycles. The lowest BCUT2D eigenvalue weighted by Crippen LogP contribution is -3.10. The molecule has 8 nitrogen and oxygen atoms in total. The first-order chi connectivity index (χ1) is 13.0. The highest BCUT2D eigenvalue weighted by Gasteiger charge is 2.25. The summed E-state index contributed by atoms with van der Waals surface area (Å²) in [6.07, 6.45) is 2.04. The minimum absolute atomic E-state index is 0.0560. The highest BCUT2D eigenvalue weighted by molar-refractivity contribution is 5.92. The number of amides is 2. The van der Waals surface area contributed by atoms with E-state index in [1.54, 1.807) is 11.7 Å². The average Bonchev–Trinajstić information content (AvgIpc) is 3.18. The maximum Gasteiger partial charge on any atom is 0.407 e. The third-order valence-electron chi connectivity index (χ3n) is 4.81. The van der Waals surface area contributed by atoms with Crippen molar-refractivity contribution in [2.45, 2.75) is 59.1 Å². The van der Waals surface area contributed by atoms with E-state index in [9.17, 15) is 9.59 Å². The molecule has 0 unspecified atom stereocenters. The van der Waals surface area contributed by atoms with E-state index >= 15 is 0 Å². The quantitative estimate of drug-likeness (QED) is 0.716. The summed E-state index contributed by atoms with van der Waals surface area (Å²) in [6.45, 7) is 13.6. The molecule has 2 amide bonds. The second-order valence-corrected chi connectivity index (χ2v) is 8.80. The van der Waals surface area contributed by atoms with Crippen molar-refractivity contribution in [3.8, 4) is 0 Å². The highest BCUT2D eigenvalue weighted by Crippen LogP contribution is 2.09. The van der Waals surface area contributed by atoms with Crippen LogP contribution in [0.2, 0.25) is 0 Å². The van der Waals surface area contributed by atoms with E-state index in [-0.39, 0.29) is 11.9 Å². The number of rotatable bonds is 7. The molecule has 2 rings (SSSR count). The number of ether oxygens (including phenoxy) is 1. The fraction of sp³-hybridized carbons (Fsp3) is 0.750. The smallest absolute Gasteiger partial charge is 0.407 e. The van der Waals surface area contributed by atoms with Crippen molar-refractivity contribution in [2.24, 2.45) is 7.05 Å². The van der Waals surface area contributed by atoms with Gasteiger partial charge in [-0.1, -0.05) is 0 Å². The Morgan fingerprint density at radius 1 is 1.36 bits per heavy atom. The molecule has 0 aliphatic carbocycles. The summed E-state index contributed by atoms with van der Waals surface area (Å²) < 4.78 is 6.95. The number of likely N-dealkylation sites (tertiary alicyclic amines) is 1. The Kier molecular flexibility index (Phi) is 7.46. The van der Waals surface area contributed by atoms with Crippen molar-refractivity contribution >= 4 is 12.0 Å². The van der Waals surface area contributed by atoms with Gasteiger partial charge in [0.15, 0.2) is 0 Å². The van der Waals surface area contributed by atoms with Gasteiger partial charge in [0.25, 0.3) is 5.91 Å². The number of hydrogen-bond donors (Lipinski definition) is 2. The molecular weight excluding hydrogens is 358 g/mol. The second kappa shape index (κ2) is 9.41. The molecule has 2 heterocycles. The van der Waals surface area contributed by atoms with E-state index in [0.717, 1.165) is 12.2 Å². The number of hydrogen-bond acceptors (Lipinski definition) is 4. The predicted octanol–water partition coefficient (Wildman–Crippen LogP) is 0.763. The van der Waals surface area contributed by atoms with E-state index in [1.807, 2.05) is 45.6 Å². The number of carbonyl (C=O) groups excluding carboxylic acids is 2. The molecule has 8 heteroatoms. The van der Waals surface area contributed by atoms with Gasteiger partial charge >= 0.3 is 6.09 Å². The summed E-state index contributed by atoms with van der Waals surface area (Å²) in [6, 6.07) is 1.59. The Morgan fingerprint density at radius 2 is 2.00 bits per heavy atom. The first kappa shape index (κ1) is 22.2. The van der Waals surface area contributed by atoms with Crippen molar-refractivity contribution in [3.63, 3.8) is 0 Å². The van der Waals surface area contributed by atoms with Crippen molar-refractivity contribution < 1.29 is 19.2 Å². The van der Waals surface area contributed by atoms with Crippen molar-refractivity contribution in [1.29, 1.82) is 0 Å². The zero-order valence-corrected chi connectivity index (χ0v) is 18.2. The van der Waals surface area contributed by atoms with Gasteiger partial charge in [0.2, 0.25) is 0 Å². The minimum Gasteiger partial charge on any atom is -0.444 e. The van der Waals surface area contributed by atoms with Gasteiger partial charge in [-0.05, 0) is 40.7 Å². The van der Waals surface area contributed by atoms with E-state index in [1.165, 1.54) is 30.8 Å². The van der Waals surface area contributed by atoms with Crippen LogP contribution in [-0.4, -0.2) is 71.0 Å². The van der Waals surface area contributed by atoms with Crippen LogP contribution in [0, 0.1) is 6.92 Å². The van der Waals surface area contributed by atoms with Crippen LogP contribution in [0.25, 0.3) is 0 Å². The summed E-state index contributed by atoms with van der Waals surface area (Å²) >= 11 is 0. The van der Waals surface area contributed by atoms with Gasteiger partial charge in [0, 0.05) is 32.5 Å². The van der Waals surface area contributed by atoms with Gasteiger partial charge in [-0.2, -0.15) is 5.10 Å². The molecule has 1 saturated heterocycles. The summed E-state index contributed by atoms with van der Waals surface area (Å²) in [5.41, 5.74) is 0.833. The third-order valence-corrected chi connectivity index (χ3v) is 4.81. The molecular formula is C20H36N5O3+. The number of quaternary nitrogens is 1. The molecule has 158 valence electrons. The molecule has 1 fully saturated rings. The fourth-order valence-corrected chi connectivity index (χ4v) is 3.55. The third kappa shape index (κ3) is 6.82. The van der Waals surface area contributed by atoms with Gasteiger partial charge in [-0.25, -0.2) is 4.79 Å². The van der Waals surface area contributed by atoms with Crippen molar-refractivity contribution in [2.75, 3.05) is 32.7 Å². The normalized spacial score (nSPS) is 16.1. The number of aryl methyl sites for hydroxylation is 2. The van der Waals surface area contributed by atoms with Crippen LogP contribution in [0.4, 0.5) is 4.79 Å². The summed E-state index contributed by atoms with van der Waals surface area (Å²) in [7, 11) is 1.78. The Labute approximate surface area is 168 Å². The van der Waals surface area contributed by atoms with Crippen LogP contribution in [0.5, 0.6) is 0 Å². The summed E-state index contributed by atoms with van der Waals surface area (Å²) in [4.78, 5) is 28.6. The van der Waals surface area contributed by atoms with Crippen LogP contribution in [0.1, 0.15) is 56.7 Å². The molecule has 2 N–H and O–H groups in total. The average molecular weight is 395 g/mol. The number of nitrogens with one attached hydrogen (secondary N) is 2. The molecule has 28 heavy (non-hydrogen) atoms. The van der Waals surface area contributed by atoms with Crippen molar-refractivity contribution in [1.82, 2.24) is 20.0 Å². The van der Waals surface area contributed by atoms with Gasteiger partial charge in [0.1, 0.15) is 11.3 Å². The van der Waals surface area contributed by atoms with Crippen LogP contribution >= 0.6 is 0 Å². The van der Waals surface area contributed by atoms with E-state index < -0.39 is 11.7 Å². The Bertz CT molecular complexity index is 674. The van der Waals surface area contributed by atoms with Gasteiger partial charge in [-0.15, -0.1) is 0 Å². The van der Waals surface area contributed by atoms with Crippen molar-refractivity contribution in [3.05, 3.63) is 17.5 Å². The van der Waals surface area contributed by atoms with E-state index in [0.29, 0.717) is 18.8 Å². The lowest BCUT2D eigenvalue weighted by molar-refractivity contribution is -0.886. The molecule has 0 spiro atoms. The van der Waals surface area contributed by atoms with Crippen LogP contribution in [-0.2, 0) is 11.8 Å². The fourth-order valence-electron chi connectivity index (χ4n) is 3.55. The molecule has 0 radical (unpaired) electrons. The molecule has 1 atom stereocenters. The summed E-state index contributed by atoms with van der Waals surface area (Å²) in [5.74, 6) is -0.0560. The molecule has 0 saturated carbocycles. The maximum absolute atomic E-state index is 13.1. The SMILES string of the molecule is Cc1cc(C(=O)N(CC[NH+]2CCCC2)C[C@@H](C)NC(=O)OC(C)(C)C)n(C)n1. The summed E-state index contributed by atoms with van der Waals surface area (Å²) in [5, 5.41) is 7.13. The molecule has 1 aliphatic heterocycles. The Morgan fingerprint density at radius 3 is 2.54 bits per heavy atom. The second-order valence-electron chi connectivity index (χ2n) is 8.80. The standard InChI is InChI=1S/C20H35N5O3/c1-15-13-17(23(6)22-15)18(26)25(12-11-24-9-7-8-10-24)14-16(2)21-19(27)28-20(3,4)5/h13,16H,7-12,14H2,1-6H3,(H,21,27)/p+1/t16-/m1/s1. The lowest BCUT2D eigenvalue weighted by Gasteiger charge is -2.28. The maximum atomic E-state index is 13.1. The molecule has 1 aromatic rings. The first-order valence-electron chi connectivity index (χ1n) is 10.2. The number of nitrogens with zero attached hydrogens (tertiary/aromatic N) is 3. The zero-order chi connectivity index (χ0) is 20.9. The largest absolute Gasteiger partial charge is 0.444 e. The first-order valence-corrected chi connectivity index (χ1v) is 10.2. The topological polar surface area (TPSA) is 80.9 Å². The van der Waals surface area contributed by atoms with Crippen LogP contribution < -0.4 is 10.2 Å². The van der Waals surface area contributed by atoms with Gasteiger partial charge in [-0.3, -0.25) is 9.48 Å². The van der Waals surface area contributed by atoms with Crippen LogP contribution in [0.15, 0.2) is 6.07 Å². The predicted molar refractivity (Wildman–Crippen MR) is 107 cm³/mol.